The molecule has 1 aromatic heterocycles. The van der Waals surface area contributed by atoms with E-state index in [4.69, 9.17) is 0 Å². The van der Waals surface area contributed by atoms with Crippen LogP contribution in [0.25, 0.3) is 0 Å². The van der Waals surface area contributed by atoms with Crippen LogP contribution in [0.2, 0.25) is 0 Å². The summed E-state index contributed by atoms with van der Waals surface area (Å²) in [7, 11) is 0. The van der Waals surface area contributed by atoms with E-state index >= 15 is 0 Å². The molecule has 1 fully saturated rings. The van der Waals surface area contributed by atoms with Crippen molar-refractivity contribution in [2.45, 2.75) is 40.2 Å². The summed E-state index contributed by atoms with van der Waals surface area (Å²) in [6, 6.07) is 6.88. The summed E-state index contributed by atoms with van der Waals surface area (Å²) >= 11 is 1.65. The van der Waals surface area contributed by atoms with Crippen molar-refractivity contribution >= 4 is 28.3 Å². The Balaban J connectivity index is 1.65. The molecule has 3 rings (SSSR count). The lowest BCUT2D eigenvalue weighted by Crippen LogP contribution is -2.52. The standard InChI is InChI=1S/C22H30N4O2S/c1-15(2)19(24-20(27)18-8-6-16(3)7-9-18)21(28)25-10-5-11-26(13-12-25)22-23-17(4)14-29-22/h6-9,14-15,19H,5,10-13H2,1-4H3,(H,24,27). The Bertz CT molecular complexity index is 847. The van der Waals surface area contributed by atoms with E-state index in [0.717, 1.165) is 35.9 Å². The van der Waals surface area contributed by atoms with Crippen LogP contribution in [-0.2, 0) is 4.79 Å². The van der Waals surface area contributed by atoms with Crippen molar-refractivity contribution in [2.24, 2.45) is 5.92 Å². The van der Waals surface area contributed by atoms with Gasteiger partial charge in [-0.15, -0.1) is 11.3 Å². The first-order valence-corrected chi connectivity index (χ1v) is 11.1. The topological polar surface area (TPSA) is 65.5 Å². The predicted molar refractivity (Wildman–Crippen MR) is 118 cm³/mol. The van der Waals surface area contributed by atoms with Crippen molar-refractivity contribution in [3.8, 4) is 0 Å². The van der Waals surface area contributed by atoms with Gasteiger partial charge in [0.15, 0.2) is 5.13 Å². The zero-order valence-corrected chi connectivity index (χ0v) is 18.5. The lowest BCUT2D eigenvalue weighted by atomic mass is 10.0. The number of nitrogens with zero attached hydrogens (tertiary/aromatic N) is 3. The summed E-state index contributed by atoms with van der Waals surface area (Å²) in [5.41, 5.74) is 2.71. The Kier molecular flexibility index (Phi) is 6.90. The van der Waals surface area contributed by atoms with Gasteiger partial charge >= 0.3 is 0 Å². The van der Waals surface area contributed by atoms with Gasteiger partial charge < -0.3 is 15.1 Å². The summed E-state index contributed by atoms with van der Waals surface area (Å²) in [5, 5.41) is 6.03. The summed E-state index contributed by atoms with van der Waals surface area (Å²) in [6.07, 6.45) is 0.890. The van der Waals surface area contributed by atoms with Gasteiger partial charge in [-0.05, 0) is 38.3 Å². The fourth-order valence-corrected chi connectivity index (χ4v) is 4.31. The van der Waals surface area contributed by atoms with Crippen LogP contribution >= 0.6 is 11.3 Å². The molecule has 1 aromatic carbocycles. The SMILES string of the molecule is Cc1ccc(C(=O)NC(C(=O)N2CCCN(c3nc(C)cs3)CC2)C(C)C)cc1. The third-order valence-corrected chi connectivity index (χ3v) is 6.24. The van der Waals surface area contributed by atoms with Crippen LogP contribution in [0, 0.1) is 19.8 Å². The molecule has 2 amide bonds. The quantitative estimate of drug-likeness (QED) is 0.816. The number of carbonyl (C=O) groups excluding carboxylic acids is 2. The molecular weight excluding hydrogens is 384 g/mol. The summed E-state index contributed by atoms with van der Waals surface area (Å²) in [5.74, 6) is -0.192. The Hall–Kier alpha value is -2.41. The monoisotopic (exact) mass is 414 g/mol. The third-order valence-electron chi connectivity index (χ3n) is 5.22. The van der Waals surface area contributed by atoms with E-state index in [1.54, 1.807) is 23.5 Å². The van der Waals surface area contributed by atoms with Gasteiger partial charge in [-0.1, -0.05) is 31.5 Å². The van der Waals surface area contributed by atoms with Crippen molar-refractivity contribution in [3.05, 3.63) is 46.5 Å². The highest BCUT2D eigenvalue weighted by atomic mass is 32.1. The molecule has 0 spiro atoms. The highest BCUT2D eigenvalue weighted by Gasteiger charge is 2.30. The molecule has 1 aliphatic heterocycles. The van der Waals surface area contributed by atoms with Gasteiger partial charge in [-0.3, -0.25) is 9.59 Å². The molecule has 1 N–H and O–H groups in total. The zero-order chi connectivity index (χ0) is 21.0. The molecule has 2 aromatic rings. The van der Waals surface area contributed by atoms with Crippen LogP contribution < -0.4 is 10.2 Å². The van der Waals surface area contributed by atoms with E-state index in [1.165, 1.54) is 0 Å². The van der Waals surface area contributed by atoms with Crippen LogP contribution in [0.3, 0.4) is 0 Å². The van der Waals surface area contributed by atoms with Gasteiger partial charge in [0.2, 0.25) is 5.91 Å². The number of thiazole rings is 1. The Morgan fingerprint density at radius 1 is 1.07 bits per heavy atom. The van der Waals surface area contributed by atoms with Crippen LogP contribution in [0.5, 0.6) is 0 Å². The Morgan fingerprint density at radius 3 is 2.41 bits per heavy atom. The number of anilines is 1. The number of rotatable bonds is 5. The van der Waals surface area contributed by atoms with Crippen LogP contribution in [0.1, 0.15) is 41.9 Å². The maximum atomic E-state index is 13.2. The van der Waals surface area contributed by atoms with Gasteiger partial charge in [0.25, 0.3) is 5.91 Å². The number of carbonyl (C=O) groups is 2. The maximum Gasteiger partial charge on any atom is 0.251 e. The highest BCUT2D eigenvalue weighted by Crippen LogP contribution is 2.22. The molecule has 0 radical (unpaired) electrons. The second-order valence-corrected chi connectivity index (χ2v) is 8.84. The number of amides is 2. The van der Waals surface area contributed by atoms with E-state index in [2.05, 4.69) is 20.6 Å². The van der Waals surface area contributed by atoms with Crippen LogP contribution in [-0.4, -0.2) is 53.9 Å². The summed E-state index contributed by atoms with van der Waals surface area (Å²) in [4.78, 5) is 34.6. The van der Waals surface area contributed by atoms with Crippen LogP contribution in [0.15, 0.2) is 29.6 Å². The number of hydrogen-bond donors (Lipinski definition) is 1. The lowest BCUT2D eigenvalue weighted by molar-refractivity contribution is -0.134. The first kappa shape index (κ1) is 21.3. The average molecular weight is 415 g/mol. The number of nitrogens with one attached hydrogen (secondary N) is 1. The first-order valence-electron chi connectivity index (χ1n) is 10.2. The smallest absolute Gasteiger partial charge is 0.251 e. The molecule has 1 aliphatic rings. The van der Waals surface area contributed by atoms with E-state index in [9.17, 15) is 9.59 Å². The average Bonchev–Trinajstić information content (AvgIpc) is 2.98. The fraction of sp³-hybridized carbons (Fsp3) is 0.500. The summed E-state index contributed by atoms with van der Waals surface area (Å²) in [6.45, 7) is 10.9. The van der Waals surface area contributed by atoms with Crippen molar-refractivity contribution in [2.75, 3.05) is 31.1 Å². The molecule has 0 aliphatic carbocycles. The third kappa shape index (κ3) is 5.35. The van der Waals surface area contributed by atoms with Gasteiger partial charge in [0, 0.05) is 37.1 Å². The number of benzene rings is 1. The molecule has 1 atom stereocenters. The zero-order valence-electron chi connectivity index (χ0n) is 17.6. The Labute approximate surface area is 176 Å². The minimum absolute atomic E-state index is 0.00219. The number of hydrogen-bond acceptors (Lipinski definition) is 5. The normalized spacial score (nSPS) is 15.9. The minimum atomic E-state index is -0.530. The molecule has 1 saturated heterocycles. The van der Waals surface area contributed by atoms with Crippen LogP contribution in [0.4, 0.5) is 5.13 Å². The van der Waals surface area contributed by atoms with E-state index < -0.39 is 6.04 Å². The van der Waals surface area contributed by atoms with E-state index in [1.807, 2.05) is 44.7 Å². The summed E-state index contributed by atoms with van der Waals surface area (Å²) < 4.78 is 0. The van der Waals surface area contributed by atoms with Crippen molar-refractivity contribution in [1.82, 2.24) is 15.2 Å². The lowest BCUT2D eigenvalue weighted by Gasteiger charge is -2.29. The Morgan fingerprint density at radius 2 is 1.79 bits per heavy atom. The molecule has 1 unspecified atom stereocenters. The van der Waals surface area contributed by atoms with Gasteiger partial charge in [-0.2, -0.15) is 0 Å². The van der Waals surface area contributed by atoms with E-state index in [-0.39, 0.29) is 17.7 Å². The maximum absolute atomic E-state index is 13.2. The van der Waals surface area contributed by atoms with Crippen molar-refractivity contribution in [3.63, 3.8) is 0 Å². The van der Waals surface area contributed by atoms with Crippen molar-refractivity contribution < 1.29 is 9.59 Å². The second-order valence-electron chi connectivity index (χ2n) is 8.00. The fourth-order valence-electron chi connectivity index (χ4n) is 3.46. The first-order chi connectivity index (χ1) is 13.8. The largest absolute Gasteiger partial charge is 0.346 e. The van der Waals surface area contributed by atoms with E-state index in [0.29, 0.717) is 18.7 Å². The molecule has 0 saturated carbocycles. The van der Waals surface area contributed by atoms with Crippen molar-refractivity contribution in [1.29, 1.82) is 0 Å². The second kappa shape index (κ2) is 9.39. The number of aromatic nitrogens is 1. The molecule has 2 heterocycles. The number of aryl methyl sites for hydroxylation is 2. The van der Waals surface area contributed by atoms with Gasteiger partial charge in [0.05, 0.1) is 5.69 Å². The molecule has 0 bridgehead atoms. The van der Waals surface area contributed by atoms with Gasteiger partial charge in [-0.25, -0.2) is 4.98 Å². The molecule has 156 valence electrons. The molecule has 7 heteroatoms. The minimum Gasteiger partial charge on any atom is -0.346 e. The molecular formula is C22H30N4O2S. The molecule has 29 heavy (non-hydrogen) atoms. The highest BCUT2D eigenvalue weighted by molar-refractivity contribution is 7.13. The predicted octanol–water partition coefficient (Wildman–Crippen LogP) is 3.25. The van der Waals surface area contributed by atoms with Gasteiger partial charge in [0.1, 0.15) is 6.04 Å². The molecule has 6 nitrogen and oxygen atoms in total.